The number of hydrogen-bond acceptors (Lipinski definition) is 3. The number of carbonyl (C=O) groups excluding carboxylic acids is 1. The Kier molecular flexibility index (Phi) is 5.50. The van der Waals surface area contributed by atoms with E-state index in [0.717, 1.165) is 30.0 Å². The molecule has 1 fully saturated rings. The maximum absolute atomic E-state index is 12.4. The first-order valence-corrected chi connectivity index (χ1v) is 9.42. The minimum atomic E-state index is -0.0367. The van der Waals surface area contributed by atoms with E-state index in [0.29, 0.717) is 0 Å². The number of amides is 1. The van der Waals surface area contributed by atoms with Crippen molar-refractivity contribution in [2.24, 2.45) is 0 Å². The maximum Gasteiger partial charge on any atom is 0.243 e. The predicted molar refractivity (Wildman–Crippen MR) is 110 cm³/mol. The number of anilines is 3. The van der Waals surface area contributed by atoms with E-state index >= 15 is 0 Å². The van der Waals surface area contributed by atoms with Gasteiger partial charge in [0.1, 0.15) is 0 Å². The Bertz CT molecular complexity index is 741. The molecule has 1 aliphatic rings. The molecule has 0 aliphatic carbocycles. The van der Waals surface area contributed by atoms with E-state index < -0.39 is 0 Å². The molecule has 0 saturated carbocycles. The van der Waals surface area contributed by atoms with Crippen molar-refractivity contribution in [2.75, 3.05) is 35.2 Å². The van der Waals surface area contributed by atoms with Gasteiger partial charge in [0, 0.05) is 30.2 Å². The zero-order valence-corrected chi connectivity index (χ0v) is 16.0. The lowest BCUT2D eigenvalue weighted by Crippen LogP contribution is -2.24. The Morgan fingerprint density at radius 2 is 1.65 bits per heavy atom. The second kappa shape index (κ2) is 7.81. The molecule has 2 aromatic rings. The van der Waals surface area contributed by atoms with E-state index in [4.69, 9.17) is 0 Å². The molecule has 4 heteroatoms. The van der Waals surface area contributed by atoms with E-state index in [-0.39, 0.29) is 17.9 Å². The summed E-state index contributed by atoms with van der Waals surface area (Å²) in [6.07, 6.45) is 2.55. The molecule has 1 amide bonds. The van der Waals surface area contributed by atoms with Crippen LogP contribution in [0.5, 0.6) is 0 Å². The van der Waals surface area contributed by atoms with Crippen molar-refractivity contribution in [3.63, 3.8) is 0 Å². The average molecular weight is 351 g/mol. The highest BCUT2D eigenvalue weighted by molar-refractivity contribution is 5.94. The van der Waals surface area contributed by atoms with Crippen LogP contribution in [-0.2, 0) is 10.2 Å². The largest absolute Gasteiger partial charge is 0.376 e. The quantitative estimate of drug-likeness (QED) is 0.825. The summed E-state index contributed by atoms with van der Waals surface area (Å²) in [4.78, 5) is 14.8. The van der Waals surface area contributed by atoms with Crippen molar-refractivity contribution in [1.29, 1.82) is 0 Å². The van der Waals surface area contributed by atoms with Crippen molar-refractivity contribution in [1.82, 2.24) is 0 Å². The van der Waals surface area contributed by atoms with Crippen LogP contribution in [0.3, 0.4) is 0 Å². The molecule has 2 N–H and O–H groups in total. The molecule has 0 radical (unpaired) electrons. The second-order valence-electron chi connectivity index (χ2n) is 7.94. The molecule has 3 rings (SSSR count). The van der Waals surface area contributed by atoms with Crippen LogP contribution in [0.2, 0.25) is 0 Å². The Balaban J connectivity index is 1.56. The third-order valence-corrected chi connectivity index (χ3v) is 4.80. The van der Waals surface area contributed by atoms with E-state index in [2.05, 4.69) is 54.5 Å². The first kappa shape index (κ1) is 18.3. The van der Waals surface area contributed by atoms with Crippen LogP contribution in [0.15, 0.2) is 48.5 Å². The number of nitrogens with one attached hydrogen (secondary N) is 2. The minimum absolute atomic E-state index is 0.0112. The lowest BCUT2D eigenvalue weighted by Gasteiger charge is -2.23. The number of benzene rings is 2. The van der Waals surface area contributed by atoms with E-state index in [9.17, 15) is 4.79 Å². The molecule has 0 bridgehead atoms. The van der Waals surface area contributed by atoms with Gasteiger partial charge in [0.2, 0.25) is 5.91 Å². The van der Waals surface area contributed by atoms with Crippen molar-refractivity contribution >= 4 is 23.0 Å². The van der Waals surface area contributed by atoms with Crippen LogP contribution in [0.4, 0.5) is 17.1 Å². The summed E-state index contributed by atoms with van der Waals surface area (Å²) in [6.45, 7) is 8.99. The molecule has 4 nitrogen and oxygen atoms in total. The topological polar surface area (TPSA) is 44.4 Å². The third kappa shape index (κ3) is 4.57. The molecule has 2 aromatic carbocycles. The fourth-order valence-electron chi connectivity index (χ4n) is 3.39. The summed E-state index contributed by atoms with van der Waals surface area (Å²) in [6, 6.07) is 16.3. The zero-order chi connectivity index (χ0) is 18.6. The summed E-state index contributed by atoms with van der Waals surface area (Å²) in [7, 11) is 0. The average Bonchev–Trinajstić information content (AvgIpc) is 3.15. The van der Waals surface area contributed by atoms with Gasteiger partial charge >= 0.3 is 0 Å². The number of para-hydroxylation sites is 1. The summed E-state index contributed by atoms with van der Waals surface area (Å²) in [5.41, 5.74) is 4.24. The zero-order valence-electron chi connectivity index (χ0n) is 16.0. The van der Waals surface area contributed by atoms with Gasteiger partial charge in [-0.25, -0.2) is 0 Å². The molecule has 138 valence electrons. The standard InChI is InChI=1S/C22H29N3O/c1-22(2,3)19-8-4-5-9-20(19)24-21(26)16-23-17-10-12-18(13-11-17)25-14-6-7-15-25/h4-5,8-13,23H,6-7,14-16H2,1-3H3,(H,24,26). The van der Waals surface area contributed by atoms with Gasteiger partial charge in [0.25, 0.3) is 0 Å². The van der Waals surface area contributed by atoms with Crippen LogP contribution >= 0.6 is 0 Å². The predicted octanol–water partition coefficient (Wildman–Crippen LogP) is 4.63. The first-order chi connectivity index (χ1) is 12.4. The van der Waals surface area contributed by atoms with Crippen molar-refractivity contribution in [3.05, 3.63) is 54.1 Å². The Morgan fingerprint density at radius 1 is 1.00 bits per heavy atom. The van der Waals surface area contributed by atoms with Crippen LogP contribution in [-0.4, -0.2) is 25.5 Å². The van der Waals surface area contributed by atoms with Crippen LogP contribution < -0.4 is 15.5 Å². The molecular formula is C22H29N3O. The van der Waals surface area contributed by atoms with Gasteiger partial charge in [-0.05, 0) is 54.2 Å². The maximum atomic E-state index is 12.4. The third-order valence-electron chi connectivity index (χ3n) is 4.80. The molecule has 26 heavy (non-hydrogen) atoms. The Morgan fingerprint density at radius 3 is 2.31 bits per heavy atom. The molecule has 0 aromatic heterocycles. The first-order valence-electron chi connectivity index (χ1n) is 9.42. The normalized spacial score (nSPS) is 14.3. The second-order valence-corrected chi connectivity index (χ2v) is 7.94. The van der Waals surface area contributed by atoms with Gasteiger partial charge in [-0.1, -0.05) is 39.0 Å². The molecule has 1 heterocycles. The van der Waals surface area contributed by atoms with Crippen LogP contribution in [0.25, 0.3) is 0 Å². The molecule has 1 aliphatic heterocycles. The van der Waals surface area contributed by atoms with Crippen molar-refractivity contribution in [3.8, 4) is 0 Å². The molecule has 0 spiro atoms. The molecular weight excluding hydrogens is 322 g/mol. The fourth-order valence-corrected chi connectivity index (χ4v) is 3.39. The van der Waals surface area contributed by atoms with Gasteiger partial charge in [-0.3, -0.25) is 4.79 Å². The molecule has 0 unspecified atom stereocenters. The number of nitrogens with zero attached hydrogens (tertiary/aromatic N) is 1. The molecule has 0 atom stereocenters. The van der Waals surface area contributed by atoms with Gasteiger partial charge in [-0.2, -0.15) is 0 Å². The summed E-state index contributed by atoms with van der Waals surface area (Å²) >= 11 is 0. The number of carbonyl (C=O) groups is 1. The fraction of sp³-hybridized carbons (Fsp3) is 0.409. The van der Waals surface area contributed by atoms with Crippen molar-refractivity contribution < 1.29 is 4.79 Å². The molecule has 1 saturated heterocycles. The van der Waals surface area contributed by atoms with Crippen molar-refractivity contribution in [2.45, 2.75) is 39.0 Å². The highest BCUT2D eigenvalue weighted by Gasteiger charge is 2.18. The lowest BCUT2D eigenvalue weighted by molar-refractivity contribution is -0.114. The highest BCUT2D eigenvalue weighted by atomic mass is 16.1. The Hall–Kier alpha value is -2.49. The summed E-state index contributed by atoms with van der Waals surface area (Å²) < 4.78 is 0. The lowest BCUT2D eigenvalue weighted by atomic mass is 9.86. The smallest absolute Gasteiger partial charge is 0.243 e. The SMILES string of the molecule is CC(C)(C)c1ccccc1NC(=O)CNc1ccc(N2CCCC2)cc1. The van der Waals surface area contributed by atoms with Gasteiger partial charge in [-0.15, -0.1) is 0 Å². The Labute approximate surface area is 156 Å². The van der Waals surface area contributed by atoms with E-state index in [1.54, 1.807) is 0 Å². The summed E-state index contributed by atoms with van der Waals surface area (Å²) in [5.74, 6) is -0.0367. The number of rotatable bonds is 5. The summed E-state index contributed by atoms with van der Waals surface area (Å²) in [5, 5.41) is 6.24. The monoisotopic (exact) mass is 351 g/mol. The number of hydrogen-bond donors (Lipinski definition) is 2. The van der Waals surface area contributed by atoms with Gasteiger partial charge < -0.3 is 15.5 Å². The van der Waals surface area contributed by atoms with Gasteiger partial charge in [0.15, 0.2) is 0 Å². The van der Waals surface area contributed by atoms with E-state index in [1.807, 2.05) is 30.3 Å². The minimum Gasteiger partial charge on any atom is -0.376 e. The van der Waals surface area contributed by atoms with Gasteiger partial charge in [0.05, 0.1) is 6.54 Å². The highest BCUT2D eigenvalue weighted by Crippen LogP contribution is 2.29. The van der Waals surface area contributed by atoms with Crippen LogP contribution in [0, 0.1) is 0 Å². The van der Waals surface area contributed by atoms with Crippen LogP contribution in [0.1, 0.15) is 39.2 Å². The van der Waals surface area contributed by atoms with E-state index in [1.165, 1.54) is 18.5 Å².